The molecule has 2 nitrogen and oxygen atoms in total. The first kappa shape index (κ1) is 11.5. The highest BCUT2D eigenvalue weighted by Crippen LogP contribution is 2.20. The number of hydrogen-bond acceptors (Lipinski definition) is 2. The van der Waals surface area contributed by atoms with Crippen LogP contribution < -0.4 is 5.73 Å². The normalized spacial score (nSPS) is 10.9. The lowest BCUT2D eigenvalue weighted by molar-refractivity contribution is 0.327. The number of anilines is 1. The highest BCUT2D eigenvalue weighted by Gasteiger charge is 2.03. The second-order valence-electron chi connectivity index (χ2n) is 3.59. The summed E-state index contributed by atoms with van der Waals surface area (Å²) in [4.78, 5) is 2.30. The molecule has 1 rings (SSSR count). The molecule has 0 aliphatic heterocycles. The molecular weight excluding hydrogens is 240 g/mol. The van der Waals surface area contributed by atoms with Crippen molar-refractivity contribution in [2.45, 2.75) is 19.9 Å². The maximum atomic E-state index is 5.67. The first-order chi connectivity index (χ1) is 6.63. The van der Waals surface area contributed by atoms with Crippen LogP contribution >= 0.6 is 15.9 Å². The van der Waals surface area contributed by atoms with Gasteiger partial charge in [0.05, 0.1) is 0 Å². The molecule has 0 radical (unpaired) electrons. The number of benzene rings is 1. The molecule has 0 amide bonds. The van der Waals surface area contributed by atoms with E-state index < -0.39 is 0 Å². The summed E-state index contributed by atoms with van der Waals surface area (Å²) < 4.78 is 1.10. The standard InChI is InChI=1S/C11H17BrN2/c1-3-6-14(2)8-9-4-5-10(13)7-11(9)12/h4-5,7H,3,6,8,13H2,1-2H3. The smallest absolute Gasteiger partial charge is 0.0325 e. The lowest BCUT2D eigenvalue weighted by Gasteiger charge is -2.16. The molecule has 0 spiro atoms. The van der Waals surface area contributed by atoms with Crippen LogP contribution in [-0.4, -0.2) is 18.5 Å². The topological polar surface area (TPSA) is 29.3 Å². The molecule has 0 saturated heterocycles. The lowest BCUT2D eigenvalue weighted by Crippen LogP contribution is -2.18. The van der Waals surface area contributed by atoms with Gasteiger partial charge in [0.2, 0.25) is 0 Å². The Labute approximate surface area is 94.2 Å². The van der Waals surface area contributed by atoms with Gasteiger partial charge in [0.25, 0.3) is 0 Å². The Bertz CT molecular complexity index is 299. The van der Waals surface area contributed by atoms with E-state index in [0.717, 1.165) is 23.2 Å². The predicted octanol–water partition coefficient (Wildman–Crippen LogP) is 2.87. The summed E-state index contributed by atoms with van der Waals surface area (Å²) >= 11 is 3.52. The van der Waals surface area contributed by atoms with Gasteiger partial charge < -0.3 is 10.6 Å². The SMILES string of the molecule is CCCN(C)Cc1ccc(N)cc1Br. The minimum absolute atomic E-state index is 0.804. The molecule has 0 atom stereocenters. The van der Waals surface area contributed by atoms with Crippen molar-refractivity contribution in [1.29, 1.82) is 0 Å². The Balaban J connectivity index is 2.67. The molecule has 0 aliphatic carbocycles. The third kappa shape index (κ3) is 3.31. The van der Waals surface area contributed by atoms with E-state index in [1.165, 1.54) is 12.0 Å². The van der Waals surface area contributed by atoms with Crippen LogP contribution in [0.5, 0.6) is 0 Å². The van der Waals surface area contributed by atoms with Gasteiger partial charge in [-0.2, -0.15) is 0 Å². The number of halogens is 1. The summed E-state index contributed by atoms with van der Waals surface area (Å²) in [5.41, 5.74) is 7.76. The maximum absolute atomic E-state index is 5.67. The van der Waals surface area contributed by atoms with Crippen molar-refractivity contribution in [1.82, 2.24) is 4.90 Å². The fourth-order valence-corrected chi connectivity index (χ4v) is 1.97. The summed E-state index contributed by atoms with van der Waals surface area (Å²) in [6.45, 7) is 4.28. The molecule has 3 heteroatoms. The van der Waals surface area contributed by atoms with Crippen molar-refractivity contribution in [2.75, 3.05) is 19.3 Å². The van der Waals surface area contributed by atoms with Gasteiger partial charge in [0, 0.05) is 16.7 Å². The second kappa shape index (κ2) is 5.37. The van der Waals surface area contributed by atoms with Gasteiger partial charge in [-0.3, -0.25) is 0 Å². The fourth-order valence-electron chi connectivity index (χ4n) is 1.44. The highest BCUT2D eigenvalue weighted by atomic mass is 79.9. The second-order valence-corrected chi connectivity index (χ2v) is 4.44. The molecule has 0 saturated carbocycles. The van der Waals surface area contributed by atoms with E-state index in [1.54, 1.807) is 0 Å². The molecule has 0 unspecified atom stereocenters. The van der Waals surface area contributed by atoms with Crippen LogP contribution in [0.15, 0.2) is 22.7 Å². The van der Waals surface area contributed by atoms with Crippen molar-refractivity contribution < 1.29 is 0 Å². The molecule has 78 valence electrons. The third-order valence-corrected chi connectivity index (χ3v) is 2.86. The van der Waals surface area contributed by atoms with Crippen LogP contribution in [0.3, 0.4) is 0 Å². The van der Waals surface area contributed by atoms with Crippen LogP contribution in [0, 0.1) is 0 Å². The molecule has 0 heterocycles. The Morgan fingerprint density at radius 2 is 2.14 bits per heavy atom. The quantitative estimate of drug-likeness (QED) is 0.840. The molecule has 1 aromatic carbocycles. The molecule has 0 bridgehead atoms. The molecule has 2 N–H and O–H groups in total. The number of hydrogen-bond donors (Lipinski definition) is 1. The number of nitrogens with zero attached hydrogens (tertiary/aromatic N) is 1. The minimum Gasteiger partial charge on any atom is -0.399 e. The van der Waals surface area contributed by atoms with E-state index in [4.69, 9.17) is 5.73 Å². The van der Waals surface area contributed by atoms with Gasteiger partial charge in [-0.25, -0.2) is 0 Å². The number of rotatable bonds is 4. The van der Waals surface area contributed by atoms with E-state index in [0.29, 0.717) is 0 Å². The number of nitrogen functional groups attached to an aromatic ring is 1. The zero-order valence-corrected chi connectivity index (χ0v) is 10.3. The average molecular weight is 257 g/mol. The van der Waals surface area contributed by atoms with Crippen molar-refractivity contribution in [2.24, 2.45) is 0 Å². The van der Waals surface area contributed by atoms with E-state index in [2.05, 4.69) is 40.9 Å². The largest absolute Gasteiger partial charge is 0.399 e. The first-order valence-corrected chi connectivity index (χ1v) is 5.65. The zero-order chi connectivity index (χ0) is 10.6. The van der Waals surface area contributed by atoms with Crippen molar-refractivity contribution in [3.63, 3.8) is 0 Å². The van der Waals surface area contributed by atoms with E-state index in [9.17, 15) is 0 Å². The van der Waals surface area contributed by atoms with Crippen LogP contribution in [0.4, 0.5) is 5.69 Å². The van der Waals surface area contributed by atoms with Crippen LogP contribution in [0.1, 0.15) is 18.9 Å². The summed E-state index contributed by atoms with van der Waals surface area (Å²) in [5.74, 6) is 0. The van der Waals surface area contributed by atoms with Crippen LogP contribution in [0.2, 0.25) is 0 Å². The summed E-state index contributed by atoms with van der Waals surface area (Å²) in [7, 11) is 2.13. The third-order valence-electron chi connectivity index (χ3n) is 2.12. The molecule has 14 heavy (non-hydrogen) atoms. The Kier molecular flexibility index (Phi) is 4.42. The molecule has 1 aromatic rings. The average Bonchev–Trinajstić information content (AvgIpc) is 2.10. The zero-order valence-electron chi connectivity index (χ0n) is 8.76. The van der Waals surface area contributed by atoms with Crippen molar-refractivity contribution >= 4 is 21.6 Å². The Morgan fingerprint density at radius 3 is 2.71 bits per heavy atom. The first-order valence-electron chi connectivity index (χ1n) is 4.86. The van der Waals surface area contributed by atoms with E-state index in [-0.39, 0.29) is 0 Å². The van der Waals surface area contributed by atoms with Gasteiger partial charge in [-0.1, -0.05) is 28.9 Å². The van der Waals surface area contributed by atoms with E-state index >= 15 is 0 Å². The Morgan fingerprint density at radius 1 is 1.43 bits per heavy atom. The highest BCUT2D eigenvalue weighted by molar-refractivity contribution is 9.10. The molecule has 0 fully saturated rings. The van der Waals surface area contributed by atoms with Gasteiger partial charge in [0.15, 0.2) is 0 Å². The monoisotopic (exact) mass is 256 g/mol. The van der Waals surface area contributed by atoms with Gasteiger partial charge in [-0.15, -0.1) is 0 Å². The van der Waals surface area contributed by atoms with Gasteiger partial charge >= 0.3 is 0 Å². The van der Waals surface area contributed by atoms with Crippen molar-refractivity contribution in [3.05, 3.63) is 28.2 Å². The van der Waals surface area contributed by atoms with Crippen molar-refractivity contribution in [3.8, 4) is 0 Å². The fraction of sp³-hybridized carbons (Fsp3) is 0.455. The Hall–Kier alpha value is -0.540. The van der Waals surface area contributed by atoms with Crippen LogP contribution in [-0.2, 0) is 6.54 Å². The summed E-state index contributed by atoms with van der Waals surface area (Å²) in [6, 6.07) is 5.97. The minimum atomic E-state index is 0.804. The van der Waals surface area contributed by atoms with E-state index in [1.807, 2.05) is 12.1 Å². The summed E-state index contributed by atoms with van der Waals surface area (Å²) in [5, 5.41) is 0. The summed E-state index contributed by atoms with van der Waals surface area (Å²) in [6.07, 6.45) is 1.18. The predicted molar refractivity (Wildman–Crippen MR) is 65.2 cm³/mol. The number of nitrogens with two attached hydrogens (primary N) is 1. The molecule has 0 aliphatic rings. The van der Waals surface area contributed by atoms with Gasteiger partial charge in [0.1, 0.15) is 0 Å². The molecule has 0 aromatic heterocycles. The maximum Gasteiger partial charge on any atom is 0.0325 e. The lowest BCUT2D eigenvalue weighted by atomic mass is 10.2. The van der Waals surface area contributed by atoms with Gasteiger partial charge in [-0.05, 0) is 37.7 Å². The molecular formula is C11H17BrN2. The van der Waals surface area contributed by atoms with Crippen LogP contribution in [0.25, 0.3) is 0 Å².